The predicted octanol–water partition coefficient (Wildman–Crippen LogP) is 3.40. The zero-order valence-corrected chi connectivity index (χ0v) is 15.2. The molecule has 0 aliphatic rings. The molecule has 0 aliphatic heterocycles. The number of carbonyl (C=O) groups is 2. The van der Waals surface area contributed by atoms with Gasteiger partial charge in [0.15, 0.2) is 0 Å². The molecule has 6 heteroatoms. The molecular formula is C18H27ClN2O3. The number of hydrazine groups is 1. The van der Waals surface area contributed by atoms with E-state index in [9.17, 15) is 14.7 Å². The fourth-order valence-corrected chi connectivity index (χ4v) is 2.52. The molecule has 0 heterocycles. The largest absolute Gasteiger partial charge is 0.380 e. The molecule has 0 saturated carbocycles. The maximum absolute atomic E-state index is 12.7. The van der Waals surface area contributed by atoms with E-state index in [2.05, 4.69) is 5.43 Å². The van der Waals surface area contributed by atoms with Crippen molar-refractivity contribution in [2.75, 3.05) is 10.9 Å². The molecule has 0 spiro atoms. The number of amides is 2. The zero-order valence-electron chi connectivity index (χ0n) is 14.4. The summed E-state index contributed by atoms with van der Waals surface area (Å²) in [5.41, 5.74) is 1.58. The Kier molecular flexibility index (Phi) is 8.79. The summed E-state index contributed by atoms with van der Waals surface area (Å²) in [6.45, 7) is 4.01. The van der Waals surface area contributed by atoms with Gasteiger partial charge in [-0.1, -0.05) is 57.7 Å². The van der Waals surface area contributed by atoms with Crippen molar-refractivity contribution in [3.63, 3.8) is 0 Å². The van der Waals surface area contributed by atoms with Crippen LogP contribution in [0.2, 0.25) is 0 Å². The summed E-state index contributed by atoms with van der Waals surface area (Å²) in [6.07, 6.45) is 3.97. The highest BCUT2D eigenvalue weighted by Gasteiger charge is 2.36. The fraction of sp³-hybridized carbons (Fsp3) is 0.556. The smallest absolute Gasteiger partial charge is 0.270 e. The highest BCUT2D eigenvalue weighted by molar-refractivity contribution is 6.29. The molecule has 2 amide bonds. The molecule has 5 nitrogen and oxygen atoms in total. The Bertz CT molecular complexity index is 514. The van der Waals surface area contributed by atoms with Crippen LogP contribution in [-0.2, 0) is 9.59 Å². The molecule has 24 heavy (non-hydrogen) atoms. The van der Waals surface area contributed by atoms with Gasteiger partial charge in [0.05, 0.1) is 5.69 Å². The van der Waals surface area contributed by atoms with Gasteiger partial charge in [-0.05, 0) is 25.0 Å². The molecule has 0 unspecified atom stereocenters. The average molecular weight is 355 g/mol. The maximum atomic E-state index is 12.7. The lowest BCUT2D eigenvalue weighted by molar-refractivity contribution is -0.143. The number of unbranched alkanes of at least 4 members (excludes halogenated alkanes) is 2. The van der Waals surface area contributed by atoms with Crippen LogP contribution in [0.1, 0.15) is 52.4 Å². The number of rotatable bonds is 9. The van der Waals surface area contributed by atoms with Crippen molar-refractivity contribution in [3.8, 4) is 0 Å². The van der Waals surface area contributed by atoms with Crippen LogP contribution in [0.15, 0.2) is 30.3 Å². The van der Waals surface area contributed by atoms with E-state index in [0.717, 1.165) is 30.7 Å². The van der Waals surface area contributed by atoms with Crippen molar-refractivity contribution < 1.29 is 14.7 Å². The number of halogens is 1. The number of carbonyl (C=O) groups excluding carboxylic acids is 2. The topological polar surface area (TPSA) is 69.6 Å². The summed E-state index contributed by atoms with van der Waals surface area (Å²) in [6, 6.07) is 8.73. The first kappa shape index (κ1) is 20.5. The number of nitrogens with zero attached hydrogens (tertiary/aromatic N) is 1. The van der Waals surface area contributed by atoms with Gasteiger partial charge in [-0.25, -0.2) is 5.01 Å². The molecular weight excluding hydrogens is 328 g/mol. The minimum atomic E-state index is -1.48. The first-order valence-corrected chi connectivity index (χ1v) is 8.99. The van der Waals surface area contributed by atoms with Crippen molar-refractivity contribution in [3.05, 3.63) is 30.3 Å². The van der Waals surface area contributed by atoms with Gasteiger partial charge in [-0.3, -0.25) is 15.0 Å². The van der Waals surface area contributed by atoms with Crippen molar-refractivity contribution >= 4 is 29.1 Å². The summed E-state index contributed by atoms with van der Waals surface area (Å²) in [7, 11) is 0. The van der Waals surface area contributed by atoms with E-state index in [1.807, 2.05) is 19.9 Å². The van der Waals surface area contributed by atoms with Crippen LogP contribution < -0.4 is 10.4 Å². The minimum absolute atomic E-state index is 0.266. The lowest BCUT2D eigenvalue weighted by Crippen LogP contribution is -2.55. The summed E-state index contributed by atoms with van der Waals surface area (Å²) in [5.74, 6) is -1.28. The summed E-state index contributed by atoms with van der Waals surface area (Å²) >= 11 is 5.66. The Morgan fingerprint density at radius 1 is 1.12 bits per heavy atom. The fourth-order valence-electron chi connectivity index (χ4n) is 2.40. The predicted molar refractivity (Wildman–Crippen MR) is 96.8 cm³/mol. The number of benzene rings is 1. The van der Waals surface area contributed by atoms with Gasteiger partial charge < -0.3 is 5.11 Å². The molecule has 134 valence electrons. The van der Waals surface area contributed by atoms with E-state index in [0.29, 0.717) is 18.5 Å². The number of hydrogen-bond donors (Lipinski definition) is 2. The van der Waals surface area contributed by atoms with E-state index in [1.54, 1.807) is 24.3 Å². The highest BCUT2D eigenvalue weighted by atomic mass is 35.5. The highest BCUT2D eigenvalue weighted by Crippen LogP contribution is 2.23. The van der Waals surface area contributed by atoms with Crippen LogP contribution in [-0.4, -0.2) is 28.4 Å². The van der Waals surface area contributed by atoms with Crippen LogP contribution in [0.3, 0.4) is 0 Å². The van der Waals surface area contributed by atoms with Gasteiger partial charge in [0.1, 0.15) is 11.5 Å². The number of nitrogens with one attached hydrogen (secondary N) is 1. The number of hydrogen-bond acceptors (Lipinski definition) is 3. The monoisotopic (exact) mass is 354 g/mol. The number of aliphatic hydroxyl groups is 1. The van der Waals surface area contributed by atoms with Crippen molar-refractivity contribution in [2.45, 2.75) is 58.0 Å². The SMILES string of the molecule is CCCCC(O)(CCCC)C(=O)NN(C(=O)CCl)c1ccccc1. The number of anilines is 1. The van der Waals surface area contributed by atoms with Crippen molar-refractivity contribution in [1.29, 1.82) is 0 Å². The van der Waals surface area contributed by atoms with Gasteiger partial charge in [-0.15, -0.1) is 11.6 Å². The Hall–Kier alpha value is -1.59. The molecule has 1 aromatic carbocycles. The van der Waals surface area contributed by atoms with Crippen LogP contribution >= 0.6 is 11.6 Å². The normalized spacial score (nSPS) is 11.2. The molecule has 2 N–H and O–H groups in total. The molecule has 0 bridgehead atoms. The molecule has 0 atom stereocenters. The summed E-state index contributed by atoms with van der Waals surface area (Å²) in [5, 5.41) is 11.9. The lowest BCUT2D eigenvalue weighted by atomic mass is 9.90. The average Bonchev–Trinajstić information content (AvgIpc) is 2.62. The number of para-hydroxylation sites is 1. The van der Waals surface area contributed by atoms with Crippen LogP contribution in [0, 0.1) is 0 Å². The number of alkyl halides is 1. The second-order valence-electron chi connectivity index (χ2n) is 5.88. The summed E-state index contributed by atoms with van der Waals surface area (Å²) in [4.78, 5) is 24.8. The van der Waals surface area contributed by atoms with E-state index in [1.165, 1.54) is 0 Å². The maximum Gasteiger partial charge on any atom is 0.270 e. The van der Waals surface area contributed by atoms with E-state index >= 15 is 0 Å². The van der Waals surface area contributed by atoms with E-state index in [-0.39, 0.29) is 5.88 Å². The van der Waals surface area contributed by atoms with E-state index < -0.39 is 17.4 Å². The molecule has 1 rings (SSSR count). The van der Waals surface area contributed by atoms with Gasteiger partial charge in [-0.2, -0.15) is 0 Å². The molecule has 0 aromatic heterocycles. The van der Waals surface area contributed by atoms with Crippen LogP contribution in [0.4, 0.5) is 5.69 Å². The Morgan fingerprint density at radius 3 is 2.12 bits per heavy atom. The van der Waals surface area contributed by atoms with Gasteiger partial charge >= 0.3 is 0 Å². The van der Waals surface area contributed by atoms with Gasteiger partial charge in [0, 0.05) is 0 Å². The first-order valence-electron chi connectivity index (χ1n) is 8.46. The molecule has 0 saturated heterocycles. The lowest BCUT2D eigenvalue weighted by Gasteiger charge is -2.31. The second kappa shape index (κ2) is 10.3. The molecule has 0 aliphatic carbocycles. The first-order chi connectivity index (χ1) is 11.5. The molecule has 0 radical (unpaired) electrons. The third kappa shape index (κ3) is 5.80. The van der Waals surface area contributed by atoms with Crippen LogP contribution in [0.25, 0.3) is 0 Å². The van der Waals surface area contributed by atoms with Gasteiger partial charge in [0.25, 0.3) is 11.8 Å². The Morgan fingerprint density at radius 2 is 1.67 bits per heavy atom. The molecule has 1 aromatic rings. The third-order valence-electron chi connectivity index (χ3n) is 3.90. The Labute approximate surface area is 149 Å². The zero-order chi connectivity index (χ0) is 18.0. The third-order valence-corrected chi connectivity index (χ3v) is 4.13. The van der Waals surface area contributed by atoms with E-state index in [4.69, 9.17) is 11.6 Å². The minimum Gasteiger partial charge on any atom is -0.380 e. The molecule has 0 fully saturated rings. The van der Waals surface area contributed by atoms with Crippen molar-refractivity contribution in [2.24, 2.45) is 0 Å². The van der Waals surface area contributed by atoms with Crippen LogP contribution in [0.5, 0.6) is 0 Å². The second-order valence-corrected chi connectivity index (χ2v) is 6.15. The summed E-state index contributed by atoms with van der Waals surface area (Å²) < 4.78 is 0. The standard InChI is InChI=1S/C18H27ClN2O3/c1-3-5-12-18(24,13-6-4-2)17(23)20-21(16(22)14-19)15-10-8-7-9-11-15/h7-11,24H,3-6,12-14H2,1-2H3,(H,20,23). The van der Waals surface area contributed by atoms with Crippen molar-refractivity contribution in [1.82, 2.24) is 5.43 Å². The Balaban J connectivity index is 2.96. The van der Waals surface area contributed by atoms with Gasteiger partial charge in [0.2, 0.25) is 0 Å². The quantitative estimate of drug-likeness (QED) is 0.527.